The Morgan fingerprint density at radius 3 is 1.96 bits per heavy atom. The van der Waals surface area contributed by atoms with Crippen LogP contribution in [0, 0.1) is 29.1 Å². The van der Waals surface area contributed by atoms with Gasteiger partial charge in [-0.15, -0.1) is 0 Å². The number of nitrogens with zero attached hydrogens (tertiary/aromatic N) is 1. The lowest BCUT2D eigenvalue weighted by atomic mass is 10.0. The maximum atomic E-state index is 13.7. The van der Waals surface area contributed by atoms with E-state index >= 15 is 0 Å². The molecule has 0 radical (unpaired) electrons. The molecule has 0 aromatic heterocycles. The van der Waals surface area contributed by atoms with Crippen molar-refractivity contribution < 1.29 is 26.7 Å². The number of hydrogen-bond acceptors (Lipinski definition) is 2. The van der Waals surface area contributed by atoms with Gasteiger partial charge < -0.3 is 5.32 Å². The smallest absolute Gasteiger partial charge is 0.257 e. The van der Waals surface area contributed by atoms with Crippen LogP contribution < -0.4 is 5.32 Å². The Kier molecular flexibility index (Phi) is 5.74. The fourth-order valence-corrected chi connectivity index (χ4v) is 3.14. The predicted octanol–water partition coefficient (Wildman–Crippen LogP) is 3.78. The number of benzene rings is 2. The lowest BCUT2D eigenvalue weighted by molar-refractivity contribution is 0.0897. The average molecular weight is 384 g/mol. The fraction of sp³-hybridized carbons (Fsp3) is 0.316. The summed E-state index contributed by atoms with van der Waals surface area (Å²) in [6.45, 7) is 2.01. The summed E-state index contributed by atoms with van der Waals surface area (Å²) in [5.41, 5.74) is -0.306. The number of carbonyl (C=O) groups excluding carboxylic acids is 1. The molecule has 0 atom stereocenters. The van der Waals surface area contributed by atoms with Gasteiger partial charge in [-0.25, -0.2) is 22.0 Å². The van der Waals surface area contributed by atoms with Crippen LogP contribution in [0.3, 0.4) is 0 Å². The van der Waals surface area contributed by atoms with E-state index in [0.29, 0.717) is 25.9 Å². The summed E-state index contributed by atoms with van der Waals surface area (Å²) in [6, 6.07) is 9.39. The van der Waals surface area contributed by atoms with Gasteiger partial charge in [0.2, 0.25) is 5.82 Å². The maximum Gasteiger partial charge on any atom is 0.257 e. The fourth-order valence-electron chi connectivity index (χ4n) is 3.14. The van der Waals surface area contributed by atoms with Gasteiger partial charge in [-0.05, 0) is 18.4 Å². The Morgan fingerprint density at radius 2 is 1.41 bits per heavy atom. The van der Waals surface area contributed by atoms with Crippen LogP contribution >= 0.6 is 0 Å². The van der Waals surface area contributed by atoms with Crippen LogP contribution in [0.1, 0.15) is 28.8 Å². The summed E-state index contributed by atoms with van der Waals surface area (Å²) in [5, 5.41) is 2.37. The van der Waals surface area contributed by atoms with Gasteiger partial charge in [-0.1, -0.05) is 30.3 Å². The molecule has 8 heteroatoms. The number of carbonyl (C=O) groups is 1. The molecule has 3 rings (SSSR count). The summed E-state index contributed by atoms with van der Waals surface area (Å²) >= 11 is 0. The largest absolute Gasteiger partial charge is 0.349 e. The number of halogens is 5. The van der Waals surface area contributed by atoms with Crippen molar-refractivity contribution in [1.82, 2.24) is 10.2 Å². The highest BCUT2D eigenvalue weighted by Crippen LogP contribution is 2.23. The van der Waals surface area contributed by atoms with E-state index in [2.05, 4.69) is 10.2 Å². The molecule has 1 saturated heterocycles. The van der Waals surface area contributed by atoms with Crippen molar-refractivity contribution in [2.24, 2.45) is 0 Å². The molecule has 1 fully saturated rings. The van der Waals surface area contributed by atoms with Crippen LogP contribution in [0.15, 0.2) is 30.3 Å². The Morgan fingerprint density at radius 1 is 0.889 bits per heavy atom. The molecule has 144 valence electrons. The monoisotopic (exact) mass is 384 g/mol. The summed E-state index contributed by atoms with van der Waals surface area (Å²) in [7, 11) is 0. The van der Waals surface area contributed by atoms with Crippen LogP contribution in [0.25, 0.3) is 0 Å². The summed E-state index contributed by atoms with van der Waals surface area (Å²) in [4.78, 5) is 14.2. The molecule has 0 bridgehead atoms. The second-order valence-electron chi connectivity index (χ2n) is 6.45. The Labute approximate surface area is 152 Å². The van der Waals surface area contributed by atoms with Crippen LogP contribution in [-0.2, 0) is 6.54 Å². The van der Waals surface area contributed by atoms with Gasteiger partial charge >= 0.3 is 0 Å². The van der Waals surface area contributed by atoms with Crippen molar-refractivity contribution in [3.8, 4) is 0 Å². The zero-order chi connectivity index (χ0) is 19.6. The first kappa shape index (κ1) is 19.3. The van der Waals surface area contributed by atoms with Gasteiger partial charge in [0.15, 0.2) is 23.3 Å². The van der Waals surface area contributed by atoms with Crippen LogP contribution in [0.2, 0.25) is 0 Å². The molecule has 0 aliphatic carbocycles. The van der Waals surface area contributed by atoms with Crippen molar-refractivity contribution in [3.63, 3.8) is 0 Å². The Balaban J connectivity index is 1.62. The van der Waals surface area contributed by atoms with E-state index in [4.69, 9.17) is 0 Å². The molecule has 0 unspecified atom stereocenters. The van der Waals surface area contributed by atoms with Gasteiger partial charge in [0, 0.05) is 25.7 Å². The lowest BCUT2D eigenvalue weighted by Crippen LogP contribution is -2.44. The first-order valence-corrected chi connectivity index (χ1v) is 8.47. The molecule has 1 aliphatic rings. The van der Waals surface area contributed by atoms with Crippen molar-refractivity contribution in [2.75, 3.05) is 13.1 Å². The zero-order valence-electron chi connectivity index (χ0n) is 14.2. The molecule has 2 aromatic carbocycles. The maximum absolute atomic E-state index is 13.7. The number of piperidine rings is 1. The highest BCUT2D eigenvalue weighted by atomic mass is 19.2. The van der Waals surface area contributed by atoms with Crippen molar-refractivity contribution >= 4 is 5.91 Å². The quantitative estimate of drug-likeness (QED) is 0.494. The first-order chi connectivity index (χ1) is 12.9. The number of nitrogens with one attached hydrogen (secondary N) is 1. The van der Waals surface area contributed by atoms with Gasteiger partial charge in [-0.2, -0.15) is 0 Å². The summed E-state index contributed by atoms with van der Waals surface area (Å²) < 4.78 is 67.0. The predicted molar refractivity (Wildman–Crippen MR) is 88.4 cm³/mol. The molecule has 0 saturated carbocycles. The SMILES string of the molecule is O=C(NC1CCN(Cc2ccccc2)CC1)c1c(F)c(F)c(F)c(F)c1F. The van der Waals surface area contributed by atoms with E-state index in [-0.39, 0.29) is 0 Å². The van der Waals surface area contributed by atoms with E-state index in [9.17, 15) is 26.7 Å². The third-order valence-corrected chi connectivity index (χ3v) is 4.61. The van der Waals surface area contributed by atoms with Gasteiger partial charge in [0.05, 0.1) is 0 Å². The summed E-state index contributed by atoms with van der Waals surface area (Å²) in [6.07, 6.45) is 1.02. The van der Waals surface area contributed by atoms with Crippen LogP contribution in [-0.4, -0.2) is 29.9 Å². The van der Waals surface area contributed by atoms with E-state index in [1.165, 1.54) is 0 Å². The third-order valence-electron chi connectivity index (χ3n) is 4.61. The van der Waals surface area contributed by atoms with Crippen molar-refractivity contribution in [2.45, 2.75) is 25.4 Å². The molecule has 1 heterocycles. The second kappa shape index (κ2) is 8.04. The van der Waals surface area contributed by atoms with E-state index in [0.717, 1.165) is 12.1 Å². The minimum atomic E-state index is -2.28. The first-order valence-electron chi connectivity index (χ1n) is 8.47. The van der Waals surface area contributed by atoms with Crippen LogP contribution in [0.5, 0.6) is 0 Å². The molecule has 1 amide bonds. The number of hydrogen-bond donors (Lipinski definition) is 1. The lowest BCUT2D eigenvalue weighted by Gasteiger charge is -2.32. The molecular weight excluding hydrogens is 367 g/mol. The second-order valence-corrected chi connectivity index (χ2v) is 6.45. The topological polar surface area (TPSA) is 32.3 Å². The van der Waals surface area contributed by atoms with Crippen molar-refractivity contribution in [3.05, 3.63) is 70.5 Å². The van der Waals surface area contributed by atoms with E-state index in [1.54, 1.807) is 0 Å². The number of likely N-dealkylation sites (tertiary alicyclic amines) is 1. The molecule has 0 spiro atoms. The molecule has 2 aromatic rings. The molecule has 1 aliphatic heterocycles. The molecule has 1 N–H and O–H groups in total. The molecule has 27 heavy (non-hydrogen) atoms. The average Bonchev–Trinajstić information content (AvgIpc) is 2.67. The Bertz CT molecular complexity index is 807. The van der Waals surface area contributed by atoms with E-state index in [1.807, 2.05) is 30.3 Å². The van der Waals surface area contributed by atoms with E-state index < -0.39 is 46.6 Å². The normalized spacial score (nSPS) is 15.7. The highest BCUT2D eigenvalue weighted by Gasteiger charge is 2.31. The van der Waals surface area contributed by atoms with Gasteiger partial charge in [0.1, 0.15) is 5.56 Å². The summed E-state index contributed by atoms with van der Waals surface area (Å²) in [5.74, 6) is -12.1. The van der Waals surface area contributed by atoms with Gasteiger partial charge in [0.25, 0.3) is 5.91 Å². The number of rotatable bonds is 4. The minimum absolute atomic E-state index is 0.403. The Hall–Kier alpha value is -2.48. The minimum Gasteiger partial charge on any atom is -0.349 e. The zero-order valence-corrected chi connectivity index (χ0v) is 14.2. The van der Waals surface area contributed by atoms with Crippen LogP contribution in [0.4, 0.5) is 22.0 Å². The third kappa shape index (κ3) is 4.10. The molecular formula is C19H17F5N2O. The standard InChI is InChI=1S/C19H17F5N2O/c20-14-13(15(21)17(23)18(24)16(14)22)19(27)25-12-6-8-26(9-7-12)10-11-4-2-1-3-5-11/h1-5,12H,6-10H2,(H,25,27). The highest BCUT2D eigenvalue weighted by molar-refractivity contribution is 5.95. The number of amides is 1. The van der Waals surface area contributed by atoms with Crippen molar-refractivity contribution in [1.29, 1.82) is 0 Å². The van der Waals surface area contributed by atoms with Gasteiger partial charge in [-0.3, -0.25) is 9.69 Å². The molecule has 3 nitrogen and oxygen atoms in total.